The van der Waals surface area contributed by atoms with Crippen LogP contribution < -0.4 is 25.6 Å². The molecule has 0 saturated carbocycles. The molecule has 5 heterocycles. The number of hydrogen-bond donors (Lipinski definition) is 3. The number of aryl methyl sites for hydroxylation is 1. The third-order valence-corrected chi connectivity index (χ3v) is 18.3. The summed E-state index contributed by atoms with van der Waals surface area (Å²) in [6.45, 7) is 26.6. The summed E-state index contributed by atoms with van der Waals surface area (Å²) >= 11 is 6.55. The van der Waals surface area contributed by atoms with E-state index in [1.54, 1.807) is 55.1 Å². The normalized spacial score (nSPS) is 17.7. The minimum absolute atomic E-state index is 0.0438. The van der Waals surface area contributed by atoms with Crippen molar-refractivity contribution in [2.45, 2.75) is 141 Å². The van der Waals surface area contributed by atoms with Gasteiger partial charge in [0.1, 0.15) is 22.2 Å². The molecule has 8 rings (SSSR count). The van der Waals surface area contributed by atoms with Gasteiger partial charge in [-0.15, -0.1) is 0 Å². The number of nitrogens with one attached hydrogen (secondary N) is 3. The number of rotatable bonds is 23. The van der Waals surface area contributed by atoms with Crippen LogP contribution in [-0.2, 0) is 40.7 Å². The number of hydrogen-bond acceptors (Lipinski definition) is 16. The van der Waals surface area contributed by atoms with Crippen LogP contribution in [0.25, 0.3) is 0 Å². The molecule has 0 unspecified atom stereocenters. The lowest BCUT2D eigenvalue weighted by molar-refractivity contribution is -0.123. The molecule has 2 fully saturated rings. The number of para-hydroxylation sites is 1. The van der Waals surface area contributed by atoms with Gasteiger partial charge >= 0.3 is 6.09 Å². The Morgan fingerprint density at radius 2 is 1.63 bits per heavy atom. The molecule has 22 heteroatoms. The van der Waals surface area contributed by atoms with Gasteiger partial charge in [-0.2, -0.15) is 4.98 Å². The number of anilines is 5. The van der Waals surface area contributed by atoms with E-state index in [4.69, 9.17) is 30.8 Å². The van der Waals surface area contributed by atoms with Crippen molar-refractivity contribution >= 4 is 68.2 Å². The standard InChI is InChI=1S/C64H87ClFN11O8S/c1-41(2)84-55-32-50(43(5)29-53(55)71-61-69-34-51(65)60(72-61)70-52-15-13-14-16-56(52)86(81,82)42(3)4)47-21-24-74(25-22-47)38-57(78)67-23-27-83-28-26-73(12)36-49-37-76(62(80)85-63(7,8)9)44(6)35-75(49)39-58(79)77-40-64(10,11)59-54(77)31-46(33-68-59)30-45-17-19-48(66)20-18-45/h13-20,29,31-34,41-42,44,47,49H,21-28,30,35-40H2,1-12H3,(H,67,78)(H2,69,70,71,72)/t44-,49+/m1/s1. The molecule has 2 aromatic heterocycles. The van der Waals surface area contributed by atoms with Crippen molar-refractivity contribution in [1.82, 2.24) is 39.9 Å². The Kier molecular flexibility index (Phi) is 21.4. The number of carbonyl (C=O) groups is 3. The van der Waals surface area contributed by atoms with Crippen LogP contribution in [0.3, 0.4) is 0 Å². The van der Waals surface area contributed by atoms with Gasteiger partial charge in [0, 0.05) is 63.0 Å². The first kappa shape index (κ1) is 65.5. The molecule has 3 N–H and O–H groups in total. The molecule has 3 amide bonds. The number of piperidine rings is 1. The molecule has 3 aliphatic rings. The molecule has 19 nitrogen and oxygen atoms in total. The zero-order valence-electron chi connectivity index (χ0n) is 52.0. The van der Waals surface area contributed by atoms with E-state index in [0.29, 0.717) is 76.0 Å². The lowest BCUT2D eigenvalue weighted by Crippen LogP contribution is -2.63. The summed E-state index contributed by atoms with van der Waals surface area (Å²) in [6.07, 6.45) is 5.08. The number of benzene rings is 3. The summed E-state index contributed by atoms with van der Waals surface area (Å²) in [5, 5.41) is 9.06. The SMILES string of the molecule is Cc1cc(Nc2ncc(Cl)c(Nc3ccccc3S(=O)(=O)C(C)C)n2)c(OC(C)C)cc1C1CCN(CC(=O)NCCOCCN(C)C[C@H]2CN(C(=O)OC(C)(C)C)[C@H](C)CN2CC(=O)N2CC(C)(C)c3ncc(Cc4ccc(F)cc4)cc32)CC1. The van der Waals surface area contributed by atoms with E-state index >= 15 is 0 Å². The number of sulfone groups is 1. The van der Waals surface area contributed by atoms with Crippen molar-refractivity contribution < 1.29 is 41.4 Å². The molecule has 0 spiro atoms. The van der Waals surface area contributed by atoms with Crippen molar-refractivity contribution in [3.8, 4) is 5.75 Å². The van der Waals surface area contributed by atoms with Crippen LogP contribution in [-0.4, -0.2) is 176 Å². The van der Waals surface area contributed by atoms with Gasteiger partial charge in [0.2, 0.25) is 17.8 Å². The molecular formula is C64H87ClFN11O8S. The van der Waals surface area contributed by atoms with Gasteiger partial charge in [-0.05, 0) is 172 Å². The third-order valence-electron chi connectivity index (χ3n) is 15.8. The predicted octanol–water partition coefficient (Wildman–Crippen LogP) is 9.90. The maximum Gasteiger partial charge on any atom is 0.410 e. The number of pyridine rings is 1. The van der Waals surface area contributed by atoms with Gasteiger partial charge in [0.25, 0.3) is 0 Å². The van der Waals surface area contributed by atoms with Crippen LogP contribution in [0, 0.1) is 12.7 Å². The number of halogens is 2. The highest BCUT2D eigenvalue weighted by Crippen LogP contribution is 2.41. The highest BCUT2D eigenvalue weighted by atomic mass is 35.5. The second kappa shape index (κ2) is 28.1. The average molecular weight is 1220 g/mol. The van der Waals surface area contributed by atoms with Crippen LogP contribution in [0.4, 0.5) is 38.0 Å². The average Bonchev–Trinajstić information content (AvgIpc) is 1.73. The summed E-state index contributed by atoms with van der Waals surface area (Å²) in [5.41, 5.74) is 5.78. The Bertz CT molecular complexity index is 3300. The first-order valence-corrected chi connectivity index (χ1v) is 31.8. The van der Waals surface area contributed by atoms with Gasteiger partial charge in [0.05, 0.1) is 71.5 Å². The smallest absolute Gasteiger partial charge is 0.410 e. The van der Waals surface area contributed by atoms with Crippen molar-refractivity contribution in [2.24, 2.45) is 0 Å². The van der Waals surface area contributed by atoms with E-state index in [1.807, 2.05) is 71.8 Å². The zero-order chi connectivity index (χ0) is 62.3. The lowest BCUT2D eigenvalue weighted by Gasteiger charge is -2.46. The summed E-state index contributed by atoms with van der Waals surface area (Å²) in [4.78, 5) is 65.5. The maximum absolute atomic E-state index is 14.5. The number of piperazine rings is 1. The van der Waals surface area contributed by atoms with Gasteiger partial charge in [-0.3, -0.25) is 24.4 Å². The van der Waals surface area contributed by atoms with Crippen LogP contribution in [0.2, 0.25) is 5.02 Å². The quantitative estimate of drug-likeness (QED) is 0.0521. The summed E-state index contributed by atoms with van der Waals surface area (Å²) in [5.74, 6) is 0.981. The Morgan fingerprint density at radius 3 is 2.33 bits per heavy atom. The van der Waals surface area contributed by atoms with E-state index in [1.165, 1.54) is 23.9 Å². The Morgan fingerprint density at radius 1 is 0.907 bits per heavy atom. The molecule has 3 aromatic carbocycles. The molecule has 0 radical (unpaired) electrons. The third kappa shape index (κ3) is 17.0. The minimum Gasteiger partial charge on any atom is -0.489 e. The van der Waals surface area contributed by atoms with Crippen molar-refractivity contribution in [3.63, 3.8) is 0 Å². The first-order valence-electron chi connectivity index (χ1n) is 29.9. The number of likely N-dealkylation sites (N-methyl/N-ethyl adjacent to an activating group) is 1. The number of aromatic nitrogens is 3. The second-order valence-corrected chi connectivity index (χ2v) is 28.2. The Hall–Kier alpha value is -6.49. The molecule has 2 atom stereocenters. The largest absolute Gasteiger partial charge is 0.489 e. The predicted molar refractivity (Wildman–Crippen MR) is 336 cm³/mol. The summed E-state index contributed by atoms with van der Waals surface area (Å²) in [7, 11) is -1.60. The van der Waals surface area contributed by atoms with Crippen LogP contribution in [0.1, 0.15) is 116 Å². The van der Waals surface area contributed by atoms with Gasteiger partial charge < -0.3 is 44.9 Å². The van der Waals surface area contributed by atoms with Crippen molar-refractivity contribution in [2.75, 3.05) is 101 Å². The molecule has 3 aliphatic heterocycles. The van der Waals surface area contributed by atoms with Crippen LogP contribution >= 0.6 is 11.6 Å². The molecule has 2 saturated heterocycles. The van der Waals surface area contributed by atoms with E-state index in [9.17, 15) is 27.2 Å². The van der Waals surface area contributed by atoms with Gasteiger partial charge in [-0.1, -0.05) is 49.7 Å². The first-order chi connectivity index (χ1) is 40.6. The topological polar surface area (TPSA) is 204 Å². The molecule has 0 bridgehead atoms. The van der Waals surface area contributed by atoms with Crippen LogP contribution in [0.5, 0.6) is 5.75 Å². The Labute approximate surface area is 512 Å². The molecule has 86 heavy (non-hydrogen) atoms. The lowest BCUT2D eigenvalue weighted by atomic mass is 9.86. The zero-order valence-corrected chi connectivity index (χ0v) is 53.6. The van der Waals surface area contributed by atoms with Gasteiger partial charge in [-0.25, -0.2) is 22.6 Å². The highest BCUT2D eigenvalue weighted by Gasteiger charge is 2.43. The molecule has 0 aliphatic carbocycles. The fraction of sp³-hybridized carbons (Fsp3) is 0.531. The van der Waals surface area contributed by atoms with Gasteiger partial charge in [0.15, 0.2) is 15.7 Å². The minimum atomic E-state index is -3.60. The highest BCUT2D eigenvalue weighted by molar-refractivity contribution is 7.92. The number of ether oxygens (including phenoxy) is 3. The fourth-order valence-electron chi connectivity index (χ4n) is 11.4. The Balaban J connectivity index is 0.804. The number of carbonyl (C=O) groups excluding carboxylic acids is 3. The number of amides is 3. The van der Waals surface area contributed by atoms with Crippen molar-refractivity contribution in [3.05, 3.63) is 118 Å². The van der Waals surface area contributed by atoms with E-state index in [0.717, 1.165) is 54.0 Å². The number of likely N-dealkylation sites (tertiary alicyclic amines) is 1. The summed E-state index contributed by atoms with van der Waals surface area (Å²) < 4.78 is 58.3. The number of fused-ring (bicyclic) bond motifs is 1. The van der Waals surface area contributed by atoms with Crippen LogP contribution in [0.15, 0.2) is 84.0 Å². The summed E-state index contributed by atoms with van der Waals surface area (Å²) in [6, 6.07) is 18.8. The fourth-order valence-corrected chi connectivity index (χ4v) is 12.7. The molecule has 466 valence electrons. The molecular weight excluding hydrogens is 1140 g/mol. The second-order valence-electron chi connectivity index (χ2n) is 25.3. The van der Waals surface area contributed by atoms with E-state index in [2.05, 4.69) is 67.5 Å². The maximum atomic E-state index is 14.5. The van der Waals surface area contributed by atoms with E-state index in [-0.39, 0.29) is 88.0 Å². The molecule has 5 aromatic rings. The monoisotopic (exact) mass is 1220 g/mol. The van der Waals surface area contributed by atoms with Crippen molar-refractivity contribution in [1.29, 1.82) is 0 Å². The van der Waals surface area contributed by atoms with E-state index < -0.39 is 20.7 Å². The number of nitrogens with zero attached hydrogens (tertiary/aromatic N) is 8.